The summed E-state index contributed by atoms with van der Waals surface area (Å²) in [6.07, 6.45) is 1.58. The van der Waals surface area contributed by atoms with Crippen LogP contribution in [0.2, 0.25) is 0 Å². The molecule has 0 spiro atoms. The number of hydrogen-bond donors (Lipinski definition) is 0. The van der Waals surface area contributed by atoms with Gasteiger partial charge in [-0.3, -0.25) is 4.79 Å². The Morgan fingerprint density at radius 3 is 2.62 bits per heavy atom. The van der Waals surface area contributed by atoms with Crippen LogP contribution in [0.4, 0.5) is 0 Å². The van der Waals surface area contributed by atoms with Gasteiger partial charge in [0.1, 0.15) is 5.38 Å². The first-order valence-electron chi connectivity index (χ1n) is 4.84. The highest BCUT2D eigenvalue weighted by Gasteiger charge is 2.20. The zero-order chi connectivity index (χ0) is 11.5. The molecule has 0 radical (unpaired) electrons. The fraction of sp³-hybridized carbons (Fsp3) is 0.167. The Kier molecular flexibility index (Phi) is 3.36. The minimum absolute atomic E-state index is 0.0848. The Hall–Kier alpha value is -1.19. The van der Waals surface area contributed by atoms with Crippen LogP contribution in [0.1, 0.15) is 25.6 Å². The van der Waals surface area contributed by atoms with E-state index < -0.39 is 5.38 Å². The minimum Gasteiger partial charge on any atom is -0.291 e. The van der Waals surface area contributed by atoms with Crippen LogP contribution in [-0.4, -0.2) is 10.8 Å². The Bertz CT molecular complexity index is 495. The van der Waals surface area contributed by atoms with Gasteiger partial charge < -0.3 is 0 Å². The van der Waals surface area contributed by atoms with Crippen LogP contribution in [0.15, 0.2) is 36.5 Å². The molecule has 0 N–H and O–H groups in total. The predicted octanol–water partition coefficient (Wildman–Crippen LogP) is 3.61. The van der Waals surface area contributed by atoms with Crippen LogP contribution in [0, 0.1) is 6.92 Å². The number of carbonyl (C=O) groups is 1. The molecule has 1 unspecified atom stereocenters. The van der Waals surface area contributed by atoms with E-state index in [1.165, 1.54) is 11.3 Å². The van der Waals surface area contributed by atoms with Gasteiger partial charge in [0.25, 0.3) is 0 Å². The van der Waals surface area contributed by atoms with Crippen molar-refractivity contribution in [2.24, 2.45) is 0 Å². The molecule has 0 aliphatic rings. The first-order chi connectivity index (χ1) is 7.68. The van der Waals surface area contributed by atoms with Gasteiger partial charge in [0.15, 0.2) is 5.78 Å². The van der Waals surface area contributed by atoms with Gasteiger partial charge in [0.05, 0.1) is 9.88 Å². The summed E-state index contributed by atoms with van der Waals surface area (Å²) in [5, 5.41) is 0.251. The molecule has 0 saturated carbocycles. The Morgan fingerprint density at radius 2 is 2.06 bits per heavy atom. The molecule has 1 heterocycles. The molecule has 2 aromatic rings. The summed E-state index contributed by atoms with van der Waals surface area (Å²) in [5.41, 5.74) is 0.820. The summed E-state index contributed by atoms with van der Waals surface area (Å²) in [7, 11) is 0. The number of nitrogens with zero attached hydrogens (tertiary/aromatic N) is 1. The van der Waals surface area contributed by atoms with Crippen molar-refractivity contribution in [2.75, 3.05) is 0 Å². The molecule has 0 aliphatic heterocycles. The number of aryl methyl sites for hydroxylation is 1. The van der Waals surface area contributed by atoms with E-state index in [4.69, 9.17) is 11.6 Å². The highest BCUT2D eigenvalue weighted by Crippen LogP contribution is 2.27. The van der Waals surface area contributed by atoms with E-state index in [-0.39, 0.29) is 5.78 Å². The molecule has 1 atom stereocenters. The lowest BCUT2D eigenvalue weighted by Gasteiger charge is -2.06. The maximum Gasteiger partial charge on any atom is 0.196 e. The number of benzene rings is 1. The standard InChI is InChI=1S/C12H10ClNOS/c1-8-14-7-10(16-8)12(15)11(13)9-5-3-2-4-6-9/h2-7,11H,1H3. The van der Waals surface area contributed by atoms with Crippen LogP contribution < -0.4 is 0 Å². The Morgan fingerprint density at radius 1 is 1.38 bits per heavy atom. The summed E-state index contributed by atoms with van der Waals surface area (Å²) in [6.45, 7) is 1.87. The van der Waals surface area contributed by atoms with Crippen LogP contribution in [0.3, 0.4) is 0 Å². The first-order valence-corrected chi connectivity index (χ1v) is 6.09. The third-order valence-electron chi connectivity index (χ3n) is 2.19. The van der Waals surface area contributed by atoms with Crippen LogP contribution in [-0.2, 0) is 0 Å². The molecule has 0 fully saturated rings. The lowest BCUT2D eigenvalue weighted by molar-refractivity contribution is 0.0991. The van der Waals surface area contributed by atoms with Crippen molar-refractivity contribution in [1.29, 1.82) is 0 Å². The molecule has 0 bridgehead atoms. The van der Waals surface area contributed by atoms with Crippen molar-refractivity contribution in [2.45, 2.75) is 12.3 Å². The Balaban J connectivity index is 2.23. The zero-order valence-corrected chi connectivity index (χ0v) is 10.3. The number of aromatic nitrogens is 1. The van der Waals surface area contributed by atoms with Crippen LogP contribution in [0.5, 0.6) is 0 Å². The van der Waals surface area contributed by atoms with E-state index in [2.05, 4.69) is 4.98 Å². The second-order valence-electron chi connectivity index (χ2n) is 3.38. The maximum absolute atomic E-state index is 12.0. The van der Waals surface area contributed by atoms with Crippen molar-refractivity contribution in [3.05, 3.63) is 52.0 Å². The quantitative estimate of drug-likeness (QED) is 0.616. The number of rotatable bonds is 3. The average molecular weight is 252 g/mol. The largest absolute Gasteiger partial charge is 0.291 e. The summed E-state index contributed by atoms with van der Waals surface area (Å²) < 4.78 is 0. The fourth-order valence-electron chi connectivity index (χ4n) is 1.37. The SMILES string of the molecule is Cc1ncc(C(=O)C(Cl)c2ccccc2)s1. The number of halogens is 1. The van der Waals surface area contributed by atoms with Crippen molar-refractivity contribution in [3.8, 4) is 0 Å². The third kappa shape index (κ3) is 2.31. The van der Waals surface area contributed by atoms with E-state index in [9.17, 15) is 4.79 Å². The number of carbonyl (C=O) groups excluding carboxylic acids is 1. The van der Waals surface area contributed by atoms with E-state index in [1.807, 2.05) is 37.3 Å². The summed E-state index contributed by atoms with van der Waals surface area (Å²) in [4.78, 5) is 16.7. The summed E-state index contributed by atoms with van der Waals surface area (Å²) in [6, 6.07) is 9.34. The lowest BCUT2D eigenvalue weighted by Crippen LogP contribution is -2.05. The zero-order valence-electron chi connectivity index (χ0n) is 8.68. The number of thiazole rings is 1. The summed E-state index contributed by atoms with van der Waals surface area (Å²) in [5.74, 6) is -0.0848. The summed E-state index contributed by atoms with van der Waals surface area (Å²) >= 11 is 7.50. The number of hydrogen-bond acceptors (Lipinski definition) is 3. The highest BCUT2D eigenvalue weighted by molar-refractivity contribution is 7.13. The second-order valence-corrected chi connectivity index (χ2v) is 5.05. The molecular formula is C12H10ClNOS. The van der Waals surface area contributed by atoms with Gasteiger partial charge in [-0.05, 0) is 12.5 Å². The van der Waals surface area contributed by atoms with Crippen LogP contribution >= 0.6 is 22.9 Å². The van der Waals surface area contributed by atoms with Crippen molar-refractivity contribution in [1.82, 2.24) is 4.98 Å². The molecular weight excluding hydrogens is 242 g/mol. The van der Waals surface area contributed by atoms with E-state index in [0.717, 1.165) is 10.6 Å². The van der Waals surface area contributed by atoms with Gasteiger partial charge in [-0.25, -0.2) is 4.98 Å². The van der Waals surface area contributed by atoms with Crippen LogP contribution in [0.25, 0.3) is 0 Å². The smallest absolute Gasteiger partial charge is 0.196 e. The number of ketones is 1. The highest BCUT2D eigenvalue weighted by atomic mass is 35.5. The van der Waals surface area contributed by atoms with Gasteiger partial charge in [-0.2, -0.15) is 0 Å². The first kappa shape index (κ1) is 11.3. The van der Waals surface area contributed by atoms with E-state index >= 15 is 0 Å². The van der Waals surface area contributed by atoms with E-state index in [0.29, 0.717) is 4.88 Å². The monoisotopic (exact) mass is 251 g/mol. The van der Waals surface area contributed by atoms with Gasteiger partial charge in [0, 0.05) is 6.20 Å². The third-order valence-corrected chi connectivity index (χ3v) is 3.56. The molecule has 0 amide bonds. The minimum atomic E-state index is -0.624. The molecule has 16 heavy (non-hydrogen) atoms. The normalized spacial score (nSPS) is 12.4. The number of Topliss-reactive ketones (excluding diaryl/α,β-unsaturated/α-hetero) is 1. The molecule has 0 saturated heterocycles. The number of alkyl halides is 1. The average Bonchev–Trinajstić information content (AvgIpc) is 2.75. The van der Waals surface area contributed by atoms with Crippen molar-refractivity contribution in [3.63, 3.8) is 0 Å². The molecule has 1 aromatic carbocycles. The predicted molar refractivity (Wildman–Crippen MR) is 66.2 cm³/mol. The molecule has 82 valence electrons. The van der Waals surface area contributed by atoms with Gasteiger partial charge in [-0.15, -0.1) is 22.9 Å². The molecule has 2 rings (SSSR count). The van der Waals surface area contributed by atoms with Gasteiger partial charge >= 0.3 is 0 Å². The lowest BCUT2D eigenvalue weighted by atomic mass is 10.1. The second kappa shape index (κ2) is 4.76. The van der Waals surface area contributed by atoms with Gasteiger partial charge in [0.2, 0.25) is 0 Å². The fourth-order valence-corrected chi connectivity index (χ4v) is 2.45. The van der Waals surface area contributed by atoms with E-state index in [1.54, 1.807) is 6.20 Å². The van der Waals surface area contributed by atoms with Crippen molar-refractivity contribution >= 4 is 28.7 Å². The maximum atomic E-state index is 12.0. The molecule has 1 aromatic heterocycles. The molecule has 0 aliphatic carbocycles. The van der Waals surface area contributed by atoms with Crippen molar-refractivity contribution < 1.29 is 4.79 Å². The van der Waals surface area contributed by atoms with Gasteiger partial charge in [-0.1, -0.05) is 30.3 Å². The topological polar surface area (TPSA) is 30.0 Å². The Labute approximate surface area is 103 Å². The molecule has 2 nitrogen and oxygen atoms in total. The molecule has 4 heteroatoms.